The van der Waals surface area contributed by atoms with Crippen LogP contribution in [0.5, 0.6) is 0 Å². The third-order valence-electron chi connectivity index (χ3n) is 3.47. The van der Waals surface area contributed by atoms with Crippen LogP contribution in [0.3, 0.4) is 0 Å². The first-order chi connectivity index (χ1) is 9.33. The highest BCUT2D eigenvalue weighted by Crippen LogP contribution is 2.24. The molecule has 0 aliphatic heterocycles. The van der Waals surface area contributed by atoms with Crippen LogP contribution in [0.2, 0.25) is 0 Å². The molecule has 19 heavy (non-hydrogen) atoms. The second-order valence-corrected chi connectivity index (χ2v) is 5.04. The number of aromatic amines is 1. The topological polar surface area (TPSA) is 58.9 Å². The second kappa shape index (κ2) is 3.96. The number of hydrogen-bond donors (Lipinski definition) is 1. The highest BCUT2D eigenvalue weighted by molar-refractivity contribution is 7.71. The van der Waals surface area contributed by atoms with Gasteiger partial charge in [-0.05, 0) is 19.3 Å². The molecule has 94 valence electrons. The van der Waals surface area contributed by atoms with E-state index in [4.69, 9.17) is 12.2 Å². The molecule has 3 aromatic heterocycles. The molecule has 0 unspecified atom stereocenters. The average molecular weight is 269 g/mol. The first-order valence-corrected chi connectivity index (χ1v) is 6.64. The molecule has 1 aliphatic carbocycles. The van der Waals surface area contributed by atoms with E-state index in [0.717, 1.165) is 46.6 Å². The monoisotopic (exact) mass is 269 g/mol. The number of aryl methyl sites for hydroxylation is 1. The zero-order chi connectivity index (χ0) is 12.8. The van der Waals surface area contributed by atoms with Gasteiger partial charge in [-0.15, -0.1) is 0 Å². The summed E-state index contributed by atoms with van der Waals surface area (Å²) in [7, 11) is 0. The Morgan fingerprint density at radius 3 is 3.05 bits per heavy atom. The van der Waals surface area contributed by atoms with Gasteiger partial charge in [0.1, 0.15) is 10.3 Å². The van der Waals surface area contributed by atoms with Crippen molar-refractivity contribution in [2.45, 2.75) is 19.3 Å². The molecule has 4 rings (SSSR count). The van der Waals surface area contributed by atoms with E-state index in [1.165, 1.54) is 5.56 Å². The molecule has 0 amide bonds. The van der Waals surface area contributed by atoms with Crippen molar-refractivity contribution in [1.82, 2.24) is 24.6 Å². The summed E-state index contributed by atoms with van der Waals surface area (Å²) in [4.78, 5) is 13.0. The van der Waals surface area contributed by atoms with Crippen LogP contribution in [0.25, 0.3) is 17.0 Å². The molecule has 0 saturated carbocycles. The number of nitrogens with one attached hydrogen (secondary N) is 1. The standard InChI is InChI=1S/C13H11N5S/c19-13-8-2-1-3-9(8)16-12-6-10(17-18(12)13)11-7-14-4-5-15-11/h4-7,17H,1-3H2. The maximum absolute atomic E-state index is 5.54. The van der Waals surface area contributed by atoms with E-state index in [0.29, 0.717) is 0 Å². The minimum absolute atomic E-state index is 0.794. The van der Waals surface area contributed by atoms with Crippen molar-refractivity contribution in [1.29, 1.82) is 0 Å². The first kappa shape index (κ1) is 10.8. The van der Waals surface area contributed by atoms with E-state index in [9.17, 15) is 0 Å². The van der Waals surface area contributed by atoms with E-state index < -0.39 is 0 Å². The van der Waals surface area contributed by atoms with Gasteiger partial charge >= 0.3 is 0 Å². The van der Waals surface area contributed by atoms with Gasteiger partial charge in [-0.1, -0.05) is 12.2 Å². The third kappa shape index (κ3) is 1.60. The highest BCUT2D eigenvalue weighted by Gasteiger charge is 2.17. The van der Waals surface area contributed by atoms with Crippen LogP contribution < -0.4 is 0 Å². The maximum Gasteiger partial charge on any atom is 0.155 e. The maximum atomic E-state index is 5.54. The van der Waals surface area contributed by atoms with Crippen LogP contribution in [0, 0.1) is 4.64 Å². The van der Waals surface area contributed by atoms with Crippen LogP contribution in [-0.4, -0.2) is 24.6 Å². The van der Waals surface area contributed by atoms with Gasteiger partial charge in [-0.3, -0.25) is 15.1 Å². The number of rotatable bonds is 1. The molecule has 0 radical (unpaired) electrons. The van der Waals surface area contributed by atoms with E-state index in [1.807, 2.05) is 10.6 Å². The molecule has 0 fully saturated rings. The molecule has 0 spiro atoms. The second-order valence-electron chi connectivity index (χ2n) is 4.65. The van der Waals surface area contributed by atoms with Gasteiger partial charge in [-0.2, -0.15) is 0 Å². The molecule has 0 aromatic carbocycles. The summed E-state index contributed by atoms with van der Waals surface area (Å²) < 4.78 is 2.70. The molecule has 0 saturated heterocycles. The van der Waals surface area contributed by atoms with Crippen LogP contribution in [0.1, 0.15) is 17.7 Å². The Bertz CT molecular complexity index is 818. The predicted octanol–water partition coefficient (Wildman–Crippen LogP) is 2.34. The summed E-state index contributed by atoms with van der Waals surface area (Å²) in [6, 6.07) is 1.97. The molecular formula is C13H11N5S. The minimum atomic E-state index is 0.794. The molecule has 3 aromatic rings. The lowest BCUT2D eigenvalue weighted by atomic mass is 10.3. The molecule has 6 heteroatoms. The lowest BCUT2D eigenvalue weighted by Crippen LogP contribution is -1.99. The van der Waals surface area contributed by atoms with E-state index in [1.54, 1.807) is 18.6 Å². The Morgan fingerprint density at radius 2 is 2.21 bits per heavy atom. The Kier molecular flexibility index (Phi) is 2.25. The van der Waals surface area contributed by atoms with Gasteiger partial charge < -0.3 is 0 Å². The van der Waals surface area contributed by atoms with Crippen molar-refractivity contribution in [2.75, 3.05) is 0 Å². The third-order valence-corrected chi connectivity index (χ3v) is 3.90. The first-order valence-electron chi connectivity index (χ1n) is 6.23. The quantitative estimate of drug-likeness (QED) is 0.689. The van der Waals surface area contributed by atoms with Gasteiger partial charge in [-0.25, -0.2) is 9.50 Å². The fraction of sp³-hybridized carbons (Fsp3) is 0.231. The smallest absolute Gasteiger partial charge is 0.155 e. The van der Waals surface area contributed by atoms with Crippen molar-refractivity contribution in [3.63, 3.8) is 0 Å². The van der Waals surface area contributed by atoms with Crippen LogP contribution in [0.15, 0.2) is 24.7 Å². The van der Waals surface area contributed by atoms with Crippen LogP contribution in [0.4, 0.5) is 0 Å². The highest BCUT2D eigenvalue weighted by atomic mass is 32.1. The molecule has 0 atom stereocenters. The molecule has 1 aliphatic rings. The van der Waals surface area contributed by atoms with E-state index in [2.05, 4.69) is 20.1 Å². The fourth-order valence-corrected chi connectivity index (χ4v) is 2.92. The lowest BCUT2D eigenvalue weighted by molar-refractivity contribution is 0.895. The average Bonchev–Trinajstić information content (AvgIpc) is 3.06. The van der Waals surface area contributed by atoms with Gasteiger partial charge in [0, 0.05) is 29.7 Å². The summed E-state index contributed by atoms with van der Waals surface area (Å²) in [6.07, 6.45) is 8.26. The summed E-state index contributed by atoms with van der Waals surface area (Å²) >= 11 is 5.54. The summed E-state index contributed by atoms with van der Waals surface area (Å²) in [5.41, 5.74) is 4.89. The molecule has 3 heterocycles. The molecule has 0 bridgehead atoms. The number of H-pyrrole nitrogens is 1. The molecule has 1 N–H and O–H groups in total. The number of aromatic nitrogens is 5. The summed E-state index contributed by atoms with van der Waals surface area (Å²) in [6.45, 7) is 0. The Labute approximate surface area is 114 Å². The van der Waals surface area contributed by atoms with Gasteiger partial charge in [0.05, 0.1) is 11.9 Å². The van der Waals surface area contributed by atoms with Gasteiger partial charge in [0.2, 0.25) is 0 Å². The Morgan fingerprint density at radius 1 is 1.26 bits per heavy atom. The number of hydrogen-bond acceptors (Lipinski definition) is 4. The Balaban J connectivity index is 1.99. The zero-order valence-electron chi connectivity index (χ0n) is 10.1. The van der Waals surface area contributed by atoms with Crippen LogP contribution in [-0.2, 0) is 12.8 Å². The van der Waals surface area contributed by atoms with E-state index in [-0.39, 0.29) is 0 Å². The molecule has 5 nitrogen and oxygen atoms in total. The van der Waals surface area contributed by atoms with Crippen molar-refractivity contribution >= 4 is 17.9 Å². The largest absolute Gasteiger partial charge is 0.289 e. The summed E-state index contributed by atoms with van der Waals surface area (Å²) in [5.74, 6) is 0. The van der Waals surface area contributed by atoms with Crippen molar-refractivity contribution in [3.05, 3.63) is 40.6 Å². The predicted molar refractivity (Wildman–Crippen MR) is 73.4 cm³/mol. The van der Waals surface area contributed by atoms with Crippen molar-refractivity contribution < 1.29 is 0 Å². The molecular weight excluding hydrogens is 258 g/mol. The summed E-state index contributed by atoms with van der Waals surface area (Å²) in [5, 5.41) is 3.26. The SMILES string of the molecule is S=c1c2c(nc3cc(-c4cnccn4)[nH]n13)CCC2. The lowest BCUT2D eigenvalue weighted by Gasteiger charge is -2.00. The van der Waals surface area contributed by atoms with Crippen molar-refractivity contribution in [2.24, 2.45) is 0 Å². The minimum Gasteiger partial charge on any atom is -0.289 e. The van der Waals surface area contributed by atoms with E-state index >= 15 is 0 Å². The van der Waals surface area contributed by atoms with Gasteiger partial charge in [0.25, 0.3) is 0 Å². The van der Waals surface area contributed by atoms with Gasteiger partial charge in [0.15, 0.2) is 5.65 Å². The fourth-order valence-electron chi connectivity index (χ4n) is 2.56. The number of fused-ring (bicyclic) bond motifs is 2. The van der Waals surface area contributed by atoms with Crippen molar-refractivity contribution in [3.8, 4) is 11.4 Å². The van der Waals surface area contributed by atoms with Crippen LogP contribution >= 0.6 is 12.2 Å². The normalized spacial score (nSPS) is 13.9. The number of nitrogens with zero attached hydrogens (tertiary/aromatic N) is 4. The zero-order valence-corrected chi connectivity index (χ0v) is 10.9. The Hall–Kier alpha value is -2.08.